The van der Waals surface area contributed by atoms with Crippen LogP contribution in [0.5, 0.6) is 0 Å². The van der Waals surface area contributed by atoms with Crippen molar-refractivity contribution in [3.63, 3.8) is 0 Å². The maximum absolute atomic E-state index is 10.5. The molecule has 2 N–H and O–H groups in total. The highest BCUT2D eigenvalue weighted by Gasteiger charge is 2.14. The molecular formula is C16H15N5OS2. The zero-order valence-corrected chi connectivity index (χ0v) is 14.5. The Labute approximate surface area is 146 Å². The van der Waals surface area contributed by atoms with Gasteiger partial charge in [-0.3, -0.25) is 0 Å². The Morgan fingerprint density at radius 3 is 3.00 bits per heavy atom. The highest BCUT2D eigenvalue weighted by molar-refractivity contribution is 7.16. The van der Waals surface area contributed by atoms with Crippen LogP contribution in [0, 0.1) is 0 Å². The van der Waals surface area contributed by atoms with E-state index in [1.807, 2.05) is 23.7 Å². The molecule has 4 rings (SSSR count). The summed E-state index contributed by atoms with van der Waals surface area (Å²) < 4.78 is 1.84. The highest BCUT2D eigenvalue weighted by atomic mass is 32.1. The molecule has 24 heavy (non-hydrogen) atoms. The second kappa shape index (κ2) is 6.31. The lowest BCUT2D eigenvalue weighted by atomic mass is 10.2. The molecule has 0 aromatic carbocycles. The van der Waals surface area contributed by atoms with Gasteiger partial charge in [-0.1, -0.05) is 0 Å². The predicted octanol–water partition coefficient (Wildman–Crippen LogP) is 3.30. The van der Waals surface area contributed by atoms with Crippen LogP contribution in [0.25, 0.3) is 21.6 Å². The van der Waals surface area contributed by atoms with Crippen molar-refractivity contribution in [3.8, 4) is 10.4 Å². The molecule has 0 spiro atoms. The third-order valence-corrected chi connectivity index (χ3v) is 5.64. The third kappa shape index (κ3) is 2.79. The molecule has 0 amide bonds. The summed E-state index contributed by atoms with van der Waals surface area (Å²) in [5.41, 5.74) is 2.66. The largest absolute Gasteiger partial charge is 0.386 e. The lowest BCUT2D eigenvalue weighted by Crippen LogP contribution is -2.12. The van der Waals surface area contributed by atoms with Crippen LogP contribution in [0.3, 0.4) is 0 Å². The number of aliphatic hydroxyl groups excluding tert-OH is 1. The van der Waals surface area contributed by atoms with Gasteiger partial charge < -0.3 is 15.0 Å². The first kappa shape index (κ1) is 15.3. The molecule has 0 aliphatic heterocycles. The first-order chi connectivity index (χ1) is 11.7. The lowest BCUT2D eigenvalue weighted by molar-refractivity contribution is 0.195. The lowest BCUT2D eigenvalue weighted by Gasteiger charge is -2.10. The number of imidazole rings is 1. The van der Waals surface area contributed by atoms with E-state index >= 15 is 0 Å². The smallest absolute Gasteiger partial charge is 0.165 e. The summed E-state index contributed by atoms with van der Waals surface area (Å²) >= 11 is 3.28. The zero-order valence-electron chi connectivity index (χ0n) is 12.9. The number of rotatable bonds is 5. The first-order valence-electron chi connectivity index (χ1n) is 7.38. The highest BCUT2D eigenvalue weighted by Crippen LogP contribution is 2.32. The summed E-state index contributed by atoms with van der Waals surface area (Å²) in [5, 5.41) is 17.8. The van der Waals surface area contributed by atoms with Crippen LogP contribution in [0.2, 0.25) is 0 Å². The van der Waals surface area contributed by atoms with Gasteiger partial charge in [0.2, 0.25) is 0 Å². The van der Waals surface area contributed by atoms with E-state index in [2.05, 4.69) is 37.1 Å². The van der Waals surface area contributed by atoms with Crippen LogP contribution < -0.4 is 5.32 Å². The number of fused-ring (bicyclic) bond motifs is 1. The Balaban J connectivity index is 1.49. The molecule has 4 heterocycles. The van der Waals surface area contributed by atoms with Gasteiger partial charge in [-0.15, -0.1) is 11.3 Å². The van der Waals surface area contributed by atoms with Gasteiger partial charge in [0.15, 0.2) is 11.5 Å². The molecule has 8 heteroatoms. The molecule has 122 valence electrons. The summed E-state index contributed by atoms with van der Waals surface area (Å²) in [6, 6.07) is 6.11. The van der Waals surface area contributed by atoms with E-state index in [0.29, 0.717) is 17.9 Å². The fourth-order valence-electron chi connectivity index (χ4n) is 2.46. The number of aryl methyl sites for hydroxylation is 1. The van der Waals surface area contributed by atoms with Crippen LogP contribution >= 0.6 is 22.7 Å². The fourth-order valence-corrected chi connectivity index (χ4v) is 4.18. The van der Waals surface area contributed by atoms with Gasteiger partial charge in [0, 0.05) is 28.9 Å². The Bertz CT molecular complexity index is 960. The van der Waals surface area contributed by atoms with E-state index in [-0.39, 0.29) is 0 Å². The number of hydrogen-bond donors (Lipinski definition) is 2. The van der Waals surface area contributed by atoms with Crippen molar-refractivity contribution in [2.45, 2.75) is 6.10 Å². The number of aromatic nitrogens is 4. The summed E-state index contributed by atoms with van der Waals surface area (Å²) in [5.74, 6) is 0.634. The Morgan fingerprint density at radius 1 is 1.25 bits per heavy atom. The van der Waals surface area contributed by atoms with E-state index in [9.17, 15) is 5.11 Å². The molecule has 1 atom stereocenters. The number of aliphatic hydroxyl groups is 1. The standard InChI is InChI=1S/C16H15N5OS2/c1-21-9-20-14-15(18-8-19-16(14)21)17-6-11(22)13-3-2-12(24-13)10-4-5-23-7-10/h2-5,7-9,11,22H,6H2,1H3,(H,17,18,19). The Morgan fingerprint density at radius 2 is 2.17 bits per heavy atom. The monoisotopic (exact) mass is 357 g/mol. The summed E-state index contributed by atoms with van der Waals surface area (Å²) in [6.45, 7) is 0.367. The van der Waals surface area contributed by atoms with Crippen LogP contribution in [-0.2, 0) is 7.05 Å². The van der Waals surface area contributed by atoms with E-state index < -0.39 is 6.10 Å². The second-order valence-corrected chi connectivity index (χ2v) is 7.26. The molecular weight excluding hydrogens is 342 g/mol. The molecule has 1 unspecified atom stereocenters. The van der Waals surface area contributed by atoms with Crippen LogP contribution in [0.15, 0.2) is 41.6 Å². The van der Waals surface area contributed by atoms with E-state index in [4.69, 9.17) is 0 Å². The molecule has 6 nitrogen and oxygen atoms in total. The van der Waals surface area contributed by atoms with Crippen molar-refractivity contribution in [2.24, 2.45) is 7.05 Å². The number of anilines is 1. The number of thiophene rings is 2. The number of nitrogens with zero attached hydrogens (tertiary/aromatic N) is 4. The molecule has 0 fully saturated rings. The first-order valence-corrected chi connectivity index (χ1v) is 9.14. The normalized spacial score (nSPS) is 12.6. The minimum absolute atomic E-state index is 0.367. The van der Waals surface area contributed by atoms with Gasteiger partial charge in [-0.05, 0) is 29.0 Å². The molecule has 0 saturated heterocycles. The topological polar surface area (TPSA) is 75.9 Å². The van der Waals surface area contributed by atoms with E-state index in [0.717, 1.165) is 10.5 Å². The van der Waals surface area contributed by atoms with Gasteiger partial charge >= 0.3 is 0 Å². The number of hydrogen-bond acceptors (Lipinski definition) is 7. The average molecular weight is 357 g/mol. The van der Waals surface area contributed by atoms with Gasteiger partial charge in [-0.2, -0.15) is 11.3 Å². The maximum atomic E-state index is 10.5. The third-order valence-electron chi connectivity index (χ3n) is 3.72. The van der Waals surface area contributed by atoms with Gasteiger partial charge in [0.05, 0.1) is 6.33 Å². The van der Waals surface area contributed by atoms with Gasteiger partial charge in [0.25, 0.3) is 0 Å². The molecule has 0 aliphatic carbocycles. The molecule has 4 aromatic heterocycles. The molecule has 4 aromatic rings. The van der Waals surface area contributed by atoms with Crippen molar-refractivity contribution in [3.05, 3.63) is 46.5 Å². The number of nitrogens with one attached hydrogen (secondary N) is 1. The molecule has 0 saturated carbocycles. The minimum Gasteiger partial charge on any atom is -0.386 e. The minimum atomic E-state index is -0.601. The second-order valence-electron chi connectivity index (χ2n) is 5.36. The molecule has 0 bridgehead atoms. The van der Waals surface area contributed by atoms with Gasteiger partial charge in [-0.25, -0.2) is 15.0 Å². The van der Waals surface area contributed by atoms with E-state index in [1.54, 1.807) is 29.0 Å². The molecule has 0 radical (unpaired) electrons. The summed E-state index contributed by atoms with van der Waals surface area (Å²) in [7, 11) is 1.89. The van der Waals surface area contributed by atoms with Crippen molar-refractivity contribution < 1.29 is 5.11 Å². The Hall–Kier alpha value is -2.29. The van der Waals surface area contributed by atoms with Crippen molar-refractivity contribution in [1.29, 1.82) is 0 Å². The Kier molecular flexibility index (Phi) is 4.01. The summed E-state index contributed by atoms with van der Waals surface area (Å²) in [4.78, 5) is 14.8. The predicted molar refractivity (Wildman–Crippen MR) is 97.4 cm³/mol. The van der Waals surface area contributed by atoms with Crippen molar-refractivity contribution >= 4 is 39.7 Å². The maximum Gasteiger partial charge on any atom is 0.165 e. The summed E-state index contributed by atoms with van der Waals surface area (Å²) in [6.07, 6.45) is 2.60. The average Bonchev–Trinajstić information content (AvgIpc) is 3.33. The van der Waals surface area contributed by atoms with Gasteiger partial charge in [0.1, 0.15) is 17.9 Å². The zero-order chi connectivity index (χ0) is 16.5. The SMILES string of the molecule is Cn1cnc2c(NCC(O)c3ccc(-c4ccsc4)s3)ncnc21. The van der Waals surface area contributed by atoms with Crippen LogP contribution in [-0.4, -0.2) is 31.2 Å². The van der Waals surface area contributed by atoms with Crippen molar-refractivity contribution in [1.82, 2.24) is 19.5 Å². The molecule has 0 aliphatic rings. The fraction of sp³-hybridized carbons (Fsp3) is 0.188. The van der Waals surface area contributed by atoms with Crippen LogP contribution in [0.1, 0.15) is 11.0 Å². The van der Waals surface area contributed by atoms with Crippen LogP contribution in [0.4, 0.5) is 5.82 Å². The van der Waals surface area contributed by atoms with Crippen molar-refractivity contribution in [2.75, 3.05) is 11.9 Å². The quantitative estimate of drug-likeness (QED) is 0.573. The van der Waals surface area contributed by atoms with E-state index in [1.165, 1.54) is 16.8 Å².